The summed E-state index contributed by atoms with van der Waals surface area (Å²) < 4.78 is 13.4. The van der Waals surface area contributed by atoms with Crippen LogP contribution < -0.4 is 5.73 Å². The van der Waals surface area contributed by atoms with Crippen LogP contribution in [0.25, 0.3) is 10.4 Å². The van der Waals surface area contributed by atoms with Crippen molar-refractivity contribution in [3.8, 4) is 10.4 Å². The van der Waals surface area contributed by atoms with Crippen LogP contribution in [0.1, 0.15) is 0 Å². The fourth-order valence-corrected chi connectivity index (χ4v) is 2.20. The minimum absolute atomic E-state index is 0.360. The lowest BCUT2D eigenvalue weighted by atomic mass is 10.2. The van der Waals surface area contributed by atoms with Gasteiger partial charge in [0, 0.05) is 11.8 Å². The number of aromatic nitrogens is 1. The fraction of sp³-hybridized carbons (Fsp3) is 0. The van der Waals surface area contributed by atoms with Gasteiger partial charge in [0.15, 0.2) is 5.13 Å². The van der Waals surface area contributed by atoms with Crippen LogP contribution in [0.3, 0.4) is 0 Å². The number of benzene rings is 1. The van der Waals surface area contributed by atoms with E-state index in [0.717, 1.165) is 0 Å². The number of halogens is 2. The quantitative estimate of drug-likeness (QED) is 0.814. The summed E-state index contributed by atoms with van der Waals surface area (Å²) in [4.78, 5) is 4.49. The molecule has 0 amide bonds. The van der Waals surface area contributed by atoms with Crippen molar-refractivity contribution < 1.29 is 4.39 Å². The van der Waals surface area contributed by atoms with Crippen molar-refractivity contribution in [2.75, 3.05) is 5.73 Å². The molecule has 5 heteroatoms. The van der Waals surface area contributed by atoms with E-state index in [-0.39, 0.29) is 5.82 Å². The first-order valence-corrected chi connectivity index (χ1v) is 5.03. The first kappa shape index (κ1) is 9.43. The van der Waals surface area contributed by atoms with Crippen molar-refractivity contribution >= 4 is 28.1 Å². The Labute approximate surface area is 89.2 Å². The van der Waals surface area contributed by atoms with Gasteiger partial charge in [-0.2, -0.15) is 0 Å². The molecule has 0 saturated heterocycles. The van der Waals surface area contributed by atoms with Gasteiger partial charge in [0.25, 0.3) is 0 Å². The Balaban J connectivity index is 2.61. The summed E-state index contributed by atoms with van der Waals surface area (Å²) in [7, 11) is 0. The summed E-state index contributed by atoms with van der Waals surface area (Å²) in [6.45, 7) is 0. The SMILES string of the molecule is Nc1ncc(-c2c(F)cccc2Cl)s1. The van der Waals surface area contributed by atoms with Crippen molar-refractivity contribution in [2.24, 2.45) is 0 Å². The molecule has 0 spiro atoms. The molecule has 0 saturated carbocycles. The molecule has 0 bridgehead atoms. The molecule has 0 radical (unpaired) electrons. The van der Waals surface area contributed by atoms with E-state index in [1.54, 1.807) is 12.1 Å². The van der Waals surface area contributed by atoms with Crippen LogP contribution in [-0.2, 0) is 0 Å². The number of hydrogen-bond donors (Lipinski definition) is 1. The van der Waals surface area contributed by atoms with Gasteiger partial charge in [-0.25, -0.2) is 9.37 Å². The maximum atomic E-state index is 13.4. The molecule has 72 valence electrons. The van der Waals surface area contributed by atoms with Crippen molar-refractivity contribution in [3.05, 3.63) is 35.2 Å². The highest BCUT2D eigenvalue weighted by Crippen LogP contribution is 2.34. The zero-order chi connectivity index (χ0) is 10.1. The summed E-state index contributed by atoms with van der Waals surface area (Å²) in [6.07, 6.45) is 1.52. The second-order valence-corrected chi connectivity index (χ2v) is 4.13. The molecule has 0 aliphatic heterocycles. The smallest absolute Gasteiger partial charge is 0.180 e. The molecule has 0 aliphatic rings. The Morgan fingerprint density at radius 3 is 2.79 bits per heavy atom. The molecular formula is C9H6ClFN2S. The van der Waals surface area contributed by atoms with E-state index < -0.39 is 0 Å². The summed E-state index contributed by atoms with van der Waals surface area (Å²) in [6, 6.07) is 4.55. The Morgan fingerprint density at radius 1 is 1.43 bits per heavy atom. The predicted octanol–water partition coefficient (Wildman–Crippen LogP) is 3.18. The molecule has 0 unspecified atom stereocenters. The lowest BCUT2D eigenvalue weighted by Gasteiger charge is -2.01. The minimum Gasteiger partial charge on any atom is -0.375 e. The lowest BCUT2D eigenvalue weighted by Crippen LogP contribution is -1.81. The number of nitrogens with two attached hydrogens (primary N) is 1. The van der Waals surface area contributed by atoms with Crippen molar-refractivity contribution in [1.29, 1.82) is 0 Å². The van der Waals surface area contributed by atoms with Crippen molar-refractivity contribution in [1.82, 2.24) is 4.98 Å². The highest BCUT2D eigenvalue weighted by molar-refractivity contribution is 7.18. The third-order valence-corrected chi connectivity index (χ3v) is 2.89. The van der Waals surface area contributed by atoms with Gasteiger partial charge in [-0.15, -0.1) is 0 Å². The van der Waals surface area contributed by atoms with Gasteiger partial charge >= 0.3 is 0 Å². The van der Waals surface area contributed by atoms with Gasteiger partial charge < -0.3 is 5.73 Å². The third kappa shape index (κ3) is 1.58. The molecule has 0 fully saturated rings. The monoisotopic (exact) mass is 228 g/mol. The molecule has 14 heavy (non-hydrogen) atoms. The first-order chi connectivity index (χ1) is 6.68. The lowest BCUT2D eigenvalue weighted by molar-refractivity contribution is 0.632. The number of hydrogen-bond acceptors (Lipinski definition) is 3. The van der Waals surface area contributed by atoms with Crippen LogP contribution in [0, 0.1) is 5.82 Å². The summed E-state index contributed by atoms with van der Waals surface area (Å²) in [5.74, 6) is -0.360. The van der Waals surface area contributed by atoms with E-state index in [0.29, 0.717) is 20.6 Å². The molecule has 1 heterocycles. The zero-order valence-electron chi connectivity index (χ0n) is 7.00. The number of rotatable bonds is 1. The number of nitrogen functional groups attached to an aromatic ring is 1. The average Bonchev–Trinajstić information content (AvgIpc) is 2.51. The van der Waals surface area contributed by atoms with Gasteiger partial charge in [0.05, 0.1) is 9.90 Å². The molecule has 0 atom stereocenters. The first-order valence-electron chi connectivity index (χ1n) is 3.84. The molecule has 2 nitrogen and oxygen atoms in total. The Bertz CT molecular complexity index is 449. The van der Waals surface area contributed by atoms with Crippen LogP contribution in [0.4, 0.5) is 9.52 Å². The van der Waals surface area contributed by atoms with E-state index >= 15 is 0 Å². The van der Waals surface area contributed by atoms with Gasteiger partial charge in [-0.1, -0.05) is 29.0 Å². The van der Waals surface area contributed by atoms with Gasteiger partial charge in [0.2, 0.25) is 0 Å². The molecule has 0 aliphatic carbocycles. The van der Waals surface area contributed by atoms with Gasteiger partial charge in [0.1, 0.15) is 5.82 Å². The van der Waals surface area contributed by atoms with Crippen LogP contribution in [0.5, 0.6) is 0 Å². The predicted molar refractivity (Wildman–Crippen MR) is 56.9 cm³/mol. The normalized spacial score (nSPS) is 10.4. The maximum absolute atomic E-state index is 13.4. The van der Waals surface area contributed by atoms with E-state index in [2.05, 4.69) is 4.98 Å². The Hall–Kier alpha value is -1.13. The average molecular weight is 229 g/mol. The van der Waals surface area contributed by atoms with Crippen LogP contribution in [0.2, 0.25) is 5.02 Å². The van der Waals surface area contributed by atoms with Crippen molar-refractivity contribution in [2.45, 2.75) is 0 Å². The van der Waals surface area contributed by atoms with Gasteiger partial charge in [-0.05, 0) is 12.1 Å². The van der Waals surface area contributed by atoms with Crippen molar-refractivity contribution in [3.63, 3.8) is 0 Å². The molecule has 2 N–H and O–H groups in total. The van der Waals surface area contributed by atoms with E-state index in [4.69, 9.17) is 17.3 Å². The summed E-state index contributed by atoms with van der Waals surface area (Å²) >= 11 is 7.08. The molecule has 1 aromatic heterocycles. The molecule has 1 aromatic carbocycles. The topological polar surface area (TPSA) is 38.9 Å². The zero-order valence-corrected chi connectivity index (χ0v) is 8.57. The largest absolute Gasteiger partial charge is 0.375 e. The Kier molecular flexibility index (Phi) is 2.39. The number of thiazole rings is 1. The molecule has 2 rings (SSSR count). The van der Waals surface area contributed by atoms with Crippen LogP contribution >= 0.6 is 22.9 Å². The van der Waals surface area contributed by atoms with E-state index in [9.17, 15) is 4.39 Å². The summed E-state index contributed by atoms with van der Waals surface area (Å²) in [5.41, 5.74) is 5.82. The Morgan fingerprint density at radius 2 is 2.21 bits per heavy atom. The maximum Gasteiger partial charge on any atom is 0.180 e. The molecular weight excluding hydrogens is 223 g/mol. The fourth-order valence-electron chi connectivity index (χ4n) is 1.14. The standard InChI is InChI=1S/C9H6ClFN2S/c10-5-2-1-3-6(11)8(5)7-4-13-9(12)14-7/h1-4H,(H2,12,13). The second-order valence-electron chi connectivity index (χ2n) is 2.66. The summed E-state index contributed by atoms with van der Waals surface area (Å²) in [5, 5.41) is 0.771. The highest BCUT2D eigenvalue weighted by atomic mass is 35.5. The number of nitrogens with zero attached hydrogens (tertiary/aromatic N) is 1. The molecule has 2 aromatic rings. The van der Waals surface area contributed by atoms with Crippen LogP contribution in [-0.4, -0.2) is 4.98 Å². The van der Waals surface area contributed by atoms with Crippen LogP contribution in [0.15, 0.2) is 24.4 Å². The highest BCUT2D eigenvalue weighted by Gasteiger charge is 2.11. The van der Waals surface area contributed by atoms with Gasteiger partial charge in [-0.3, -0.25) is 0 Å². The second kappa shape index (κ2) is 3.55. The third-order valence-electron chi connectivity index (χ3n) is 1.73. The minimum atomic E-state index is -0.360. The van der Waals surface area contributed by atoms with E-state index in [1.807, 2.05) is 0 Å². The van der Waals surface area contributed by atoms with E-state index in [1.165, 1.54) is 23.6 Å². The number of anilines is 1.